The lowest BCUT2D eigenvalue weighted by atomic mass is 10.6. The fourth-order valence-corrected chi connectivity index (χ4v) is 0.387. The van der Waals surface area contributed by atoms with Crippen molar-refractivity contribution in [2.75, 3.05) is 13.2 Å². The van der Waals surface area contributed by atoms with Crippen LogP contribution in [0.2, 0.25) is 0 Å². The van der Waals surface area contributed by atoms with Gasteiger partial charge in [0.1, 0.15) is 13.2 Å². The molecule has 44 valence electrons. The molecule has 0 aromatic heterocycles. The van der Waals surface area contributed by atoms with Crippen molar-refractivity contribution in [3.63, 3.8) is 0 Å². The summed E-state index contributed by atoms with van der Waals surface area (Å²) in [5, 5.41) is 0. The van der Waals surface area contributed by atoms with Crippen LogP contribution in [0.5, 0.6) is 0 Å². The van der Waals surface area contributed by atoms with E-state index in [-0.39, 0.29) is 13.2 Å². The summed E-state index contributed by atoms with van der Waals surface area (Å²) in [6.45, 7) is 0.370. The van der Waals surface area contributed by atoms with E-state index in [1.54, 1.807) is 0 Å². The van der Waals surface area contributed by atoms with E-state index in [1.807, 2.05) is 0 Å². The standard InChI is InChI=1S/C4H4O4/c5-3-4(6)8-2-1-7-3/h1-2H2. The van der Waals surface area contributed by atoms with Crippen molar-refractivity contribution in [3.05, 3.63) is 0 Å². The number of carbonyl (C=O) groups excluding carboxylic acids is 2. The normalized spacial score (nSPS) is 19.5. The van der Waals surface area contributed by atoms with Crippen molar-refractivity contribution in [2.24, 2.45) is 0 Å². The summed E-state index contributed by atoms with van der Waals surface area (Å²) in [5.41, 5.74) is 0. The Kier molecular flexibility index (Phi) is 1.15. The van der Waals surface area contributed by atoms with Crippen LogP contribution in [-0.2, 0) is 19.1 Å². The Bertz CT molecular complexity index is 112. The first-order valence-electron chi connectivity index (χ1n) is 2.14. The SMILES string of the molecule is O=C1OCCOC1=O. The van der Waals surface area contributed by atoms with E-state index in [0.29, 0.717) is 0 Å². The van der Waals surface area contributed by atoms with Crippen molar-refractivity contribution >= 4 is 11.9 Å². The minimum absolute atomic E-state index is 0.185. The third-order valence-corrected chi connectivity index (χ3v) is 0.716. The third-order valence-electron chi connectivity index (χ3n) is 0.716. The summed E-state index contributed by atoms with van der Waals surface area (Å²) in [4.78, 5) is 20.2. The highest BCUT2D eigenvalue weighted by Crippen LogP contribution is 1.91. The van der Waals surface area contributed by atoms with E-state index < -0.39 is 11.9 Å². The monoisotopic (exact) mass is 116 g/mol. The molecule has 1 fully saturated rings. The molecule has 0 aliphatic carbocycles. The van der Waals surface area contributed by atoms with E-state index in [9.17, 15) is 9.59 Å². The van der Waals surface area contributed by atoms with Crippen LogP contribution in [0.4, 0.5) is 0 Å². The number of hydrogen-bond acceptors (Lipinski definition) is 4. The summed E-state index contributed by atoms with van der Waals surface area (Å²) >= 11 is 0. The van der Waals surface area contributed by atoms with Crippen molar-refractivity contribution in [3.8, 4) is 0 Å². The minimum atomic E-state index is -0.892. The van der Waals surface area contributed by atoms with Gasteiger partial charge in [-0.25, -0.2) is 9.59 Å². The highest BCUT2D eigenvalue weighted by atomic mass is 16.6. The number of rotatable bonds is 0. The average Bonchev–Trinajstić information content (AvgIpc) is 1.77. The summed E-state index contributed by atoms with van der Waals surface area (Å²) in [6, 6.07) is 0. The molecule has 1 aliphatic rings. The number of esters is 2. The molecule has 0 amide bonds. The highest BCUT2D eigenvalue weighted by molar-refractivity contribution is 6.30. The van der Waals surface area contributed by atoms with Gasteiger partial charge in [-0.3, -0.25) is 0 Å². The van der Waals surface area contributed by atoms with Crippen LogP contribution in [0.1, 0.15) is 0 Å². The van der Waals surface area contributed by atoms with Gasteiger partial charge in [0.15, 0.2) is 0 Å². The van der Waals surface area contributed by atoms with Gasteiger partial charge in [-0.2, -0.15) is 0 Å². The van der Waals surface area contributed by atoms with Gasteiger partial charge in [0.2, 0.25) is 0 Å². The number of hydrogen-bond donors (Lipinski definition) is 0. The maximum absolute atomic E-state index is 10.1. The molecule has 0 saturated carbocycles. The van der Waals surface area contributed by atoms with Crippen LogP contribution in [-0.4, -0.2) is 25.2 Å². The topological polar surface area (TPSA) is 52.6 Å². The second-order valence-electron chi connectivity index (χ2n) is 1.27. The fraction of sp³-hybridized carbons (Fsp3) is 0.500. The van der Waals surface area contributed by atoms with Crippen LogP contribution in [0.15, 0.2) is 0 Å². The van der Waals surface area contributed by atoms with Crippen LogP contribution < -0.4 is 0 Å². The third kappa shape index (κ3) is 0.776. The van der Waals surface area contributed by atoms with Crippen LogP contribution >= 0.6 is 0 Å². The largest absolute Gasteiger partial charge is 0.454 e. The molecule has 8 heavy (non-hydrogen) atoms. The molecule has 0 N–H and O–H groups in total. The zero-order valence-electron chi connectivity index (χ0n) is 4.05. The molecule has 1 aliphatic heterocycles. The zero-order chi connectivity index (χ0) is 5.98. The van der Waals surface area contributed by atoms with Gasteiger partial charge in [-0.15, -0.1) is 0 Å². The smallest absolute Gasteiger partial charge is 0.417 e. The van der Waals surface area contributed by atoms with Crippen molar-refractivity contribution in [1.82, 2.24) is 0 Å². The zero-order valence-corrected chi connectivity index (χ0v) is 4.05. The second-order valence-corrected chi connectivity index (χ2v) is 1.27. The Morgan fingerprint density at radius 3 is 1.62 bits per heavy atom. The molecule has 0 aromatic carbocycles. The molecule has 0 unspecified atom stereocenters. The minimum Gasteiger partial charge on any atom is -0.454 e. The number of ether oxygens (including phenoxy) is 2. The predicted molar refractivity (Wildman–Crippen MR) is 21.9 cm³/mol. The van der Waals surface area contributed by atoms with Gasteiger partial charge in [0.05, 0.1) is 0 Å². The Morgan fingerprint density at radius 2 is 1.38 bits per heavy atom. The first kappa shape index (κ1) is 5.08. The van der Waals surface area contributed by atoms with Gasteiger partial charge in [0.25, 0.3) is 0 Å². The first-order valence-corrected chi connectivity index (χ1v) is 2.14. The molecule has 4 nitrogen and oxygen atoms in total. The van der Waals surface area contributed by atoms with Crippen molar-refractivity contribution < 1.29 is 19.1 Å². The quantitative estimate of drug-likeness (QED) is 0.303. The maximum Gasteiger partial charge on any atom is 0.417 e. The van der Waals surface area contributed by atoms with Crippen molar-refractivity contribution in [1.29, 1.82) is 0 Å². The molecule has 0 aromatic rings. The van der Waals surface area contributed by atoms with Gasteiger partial charge in [-0.05, 0) is 0 Å². The highest BCUT2D eigenvalue weighted by Gasteiger charge is 2.21. The van der Waals surface area contributed by atoms with E-state index >= 15 is 0 Å². The summed E-state index contributed by atoms with van der Waals surface area (Å²) in [5.74, 6) is -1.78. The molecule has 0 spiro atoms. The van der Waals surface area contributed by atoms with Gasteiger partial charge in [-0.1, -0.05) is 0 Å². The Balaban J connectivity index is 2.52. The summed E-state index contributed by atoms with van der Waals surface area (Å²) < 4.78 is 8.55. The number of cyclic esters (lactones) is 2. The predicted octanol–water partition coefficient (Wildman–Crippen LogP) is -0.914. The molecule has 0 bridgehead atoms. The van der Waals surface area contributed by atoms with E-state index in [2.05, 4.69) is 9.47 Å². The molecular weight excluding hydrogens is 112 g/mol. The molecular formula is C4H4O4. The first-order chi connectivity index (χ1) is 3.80. The summed E-state index contributed by atoms with van der Waals surface area (Å²) in [6.07, 6.45) is 0. The van der Waals surface area contributed by atoms with Crippen molar-refractivity contribution in [2.45, 2.75) is 0 Å². The lowest BCUT2D eigenvalue weighted by molar-refractivity contribution is -0.177. The lowest BCUT2D eigenvalue weighted by Crippen LogP contribution is -2.28. The average molecular weight is 116 g/mol. The van der Waals surface area contributed by atoms with E-state index in [1.165, 1.54) is 0 Å². The Hall–Kier alpha value is -1.06. The Labute approximate surface area is 45.4 Å². The Morgan fingerprint density at radius 1 is 1.00 bits per heavy atom. The molecule has 1 saturated heterocycles. The van der Waals surface area contributed by atoms with Crippen LogP contribution in [0.3, 0.4) is 0 Å². The van der Waals surface area contributed by atoms with E-state index in [0.717, 1.165) is 0 Å². The molecule has 0 radical (unpaired) electrons. The molecule has 1 rings (SSSR count). The molecule has 1 heterocycles. The molecule has 4 heteroatoms. The fourth-order valence-electron chi connectivity index (χ4n) is 0.387. The number of carbonyl (C=O) groups is 2. The second kappa shape index (κ2) is 1.81. The van der Waals surface area contributed by atoms with Crippen LogP contribution in [0.25, 0.3) is 0 Å². The lowest BCUT2D eigenvalue weighted by Gasteiger charge is -2.09. The van der Waals surface area contributed by atoms with E-state index in [4.69, 9.17) is 0 Å². The van der Waals surface area contributed by atoms with Gasteiger partial charge >= 0.3 is 11.9 Å². The van der Waals surface area contributed by atoms with Gasteiger partial charge < -0.3 is 9.47 Å². The summed E-state index contributed by atoms with van der Waals surface area (Å²) in [7, 11) is 0. The van der Waals surface area contributed by atoms with Crippen LogP contribution in [0, 0.1) is 0 Å². The van der Waals surface area contributed by atoms with Gasteiger partial charge in [0, 0.05) is 0 Å². The maximum atomic E-state index is 10.1. The molecule has 0 atom stereocenters.